The highest BCUT2D eigenvalue weighted by molar-refractivity contribution is 5.77. The van der Waals surface area contributed by atoms with E-state index in [1.165, 1.54) is 34.4 Å². The molecular weight excluding hydrogens is 336 g/mol. The number of carbonyl (C=O) groups is 1. The van der Waals surface area contributed by atoms with Crippen LogP contribution in [-0.4, -0.2) is 25.6 Å². The molecule has 0 saturated heterocycles. The van der Waals surface area contributed by atoms with E-state index < -0.39 is 0 Å². The minimum atomic E-state index is 0.170. The van der Waals surface area contributed by atoms with E-state index in [9.17, 15) is 4.79 Å². The molecular formula is C23H29N2O2+. The molecule has 4 nitrogen and oxygen atoms in total. The van der Waals surface area contributed by atoms with Gasteiger partial charge in [-0.2, -0.15) is 0 Å². The summed E-state index contributed by atoms with van der Waals surface area (Å²) in [4.78, 5) is 14.2. The highest BCUT2D eigenvalue weighted by Gasteiger charge is 2.35. The highest BCUT2D eigenvalue weighted by Crippen LogP contribution is 2.29. The van der Waals surface area contributed by atoms with E-state index in [2.05, 4.69) is 41.7 Å². The normalized spacial score (nSPS) is 19.8. The number of rotatable bonds is 7. The summed E-state index contributed by atoms with van der Waals surface area (Å²) in [6, 6.07) is 17.5. The third-order valence-electron chi connectivity index (χ3n) is 5.84. The standard InChI is InChI=1S/C23H28N2O2/c1-27-20-13-9-17(10-14-20)15-25(19-11-12-19)16-23(26)24-22-8-4-6-18-5-2-3-7-21(18)22/h2-3,5,7,9-10,13-14,19,22H,4,6,8,11-12,15-16H2,1H3,(H,24,26)/p+1/t22-/m0/s1. The minimum absolute atomic E-state index is 0.170. The molecule has 2 atom stereocenters. The number of nitrogens with one attached hydrogen (secondary N) is 2. The lowest BCUT2D eigenvalue weighted by molar-refractivity contribution is -0.917. The van der Waals surface area contributed by atoms with E-state index in [0.29, 0.717) is 12.6 Å². The van der Waals surface area contributed by atoms with Gasteiger partial charge in [0.05, 0.1) is 19.2 Å². The molecule has 0 heterocycles. The second-order valence-corrected chi connectivity index (χ2v) is 7.85. The molecule has 2 aromatic carbocycles. The van der Waals surface area contributed by atoms with Crippen molar-refractivity contribution in [2.45, 2.75) is 50.7 Å². The monoisotopic (exact) mass is 365 g/mol. The van der Waals surface area contributed by atoms with Gasteiger partial charge in [-0.15, -0.1) is 0 Å². The molecule has 0 radical (unpaired) electrons. The van der Waals surface area contributed by atoms with Crippen molar-refractivity contribution >= 4 is 5.91 Å². The number of hydrogen-bond acceptors (Lipinski definition) is 2. The summed E-state index contributed by atoms with van der Waals surface area (Å²) in [7, 11) is 1.69. The largest absolute Gasteiger partial charge is 0.497 e. The number of hydrogen-bond donors (Lipinski definition) is 2. The molecule has 2 aromatic rings. The number of fused-ring (bicyclic) bond motifs is 1. The Kier molecular flexibility index (Phi) is 5.44. The van der Waals surface area contributed by atoms with E-state index in [0.717, 1.165) is 31.6 Å². The Bertz CT molecular complexity index is 783. The summed E-state index contributed by atoms with van der Waals surface area (Å²) in [5, 5.41) is 3.31. The highest BCUT2D eigenvalue weighted by atomic mass is 16.5. The van der Waals surface area contributed by atoms with E-state index in [-0.39, 0.29) is 11.9 Å². The van der Waals surface area contributed by atoms with Crippen molar-refractivity contribution in [3.8, 4) is 5.75 Å². The van der Waals surface area contributed by atoms with E-state index >= 15 is 0 Å². The summed E-state index contributed by atoms with van der Waals surface area (Å²) in [6.07, 6.45) is 5.77. The quantitative estimate of drug-likeness (QED) is 0.791. The molecule has 1 amide bonds. The topological polar surface area (TPSA) is 42.8 Å². The first kappa shape index (κ1) is 18.1. The number of amides is 1. The summed E-state index contributed by atoms with van der Waals surface area (Å²) >= 11 is 0. The van der Waals surface area contributed by atoms with Crippen LogP contribution in [0.2, 0.25) is 0 Å². The van der Waals surface area contributed by atoms with Gasteiger partial charge < -0.3 is 15.0 Å². The maximum atomic E-state index is 12.8. The van der Waals surface area contributed by atoms with E-state index in [1.807, 2.05) is 12.1 Å². The van der Waals surface area contributed by atoms with Crippen LogP contribution in [0.4, 0.5) is 0 Å². The van der Waals surface area contributed by atoms with Gasteiger partial charge in [-0.25, -0.2) is 0 Å². The third kappa shape index (κ3) is 4.51. The molecule has 2 aliphatic rings. The van der Waals surface area contributed by atoms with Crippen LogP contribution in [-0.2, 0) is 17.8 Å². The molecule has 0 bridgehead atoms. The van der Waals surface area contributed by atoms with E-state index in [1.54, 1.807) is 7.11 Å². The average Bonchev–Trinajstić information content (AvgIpc) is 3.54. The van der Waals surface area contributed by atoms with Gasteiger partial charge in [-0.3, -0.25) is 4.79 Å². The molecule has 0 spiro atoms. The number of ether oxygens (including phenoxy) is 1. The molecule has 4 rings (SSSR count). The van der Waals surface area contributed by atoms with Crippen LogP contribution in [0.3, 0.4) is 0 Å². The second-order valence-electron chi connectivity index (χ2n) is 7.85. The van der Waals surface area contributed by atoms with Crippen LogP contribution in [0.1, 0.15) is 48.4 Å². The molecule has 2 aliphatic carbocycles. The summed E-state index contributed by atoms with van der Waals surface area (Å²) in [6.45, 7) is 1.44. The Morgan fingerprint density at radius 2 is 1.89 bits per heavy atom. The van der Waals surface area contributed by atoms with Gasteiger partial charge in [0.25, 0.3) is 5.91 Å². The van der Waals surface area contributed by atoms with Crippen LogP contribution in [0.15, 0.2) is 48.5 Å². The zero-order chi connectivity index (χ0) is 18.6. The fraction of sp³-hybridized carbons (Fsp3) is 0.435. The van der Waals surface area contributed by atoms with Gasteiger partial charge in [0.1, 0.15) is 12.3 Å². The number of methoxy groups -OCH3 is 1. The van der Waals surface area contributed by atoms with Crippen LogP contribution >= 0.6 is 0 Å². The summed E-state index contributed by atoms with van der Waals surface area (Å²) < 4.78 is 5.24. The molecule has 0 aliphatic heterocycles. The third-order valence-corrected chi connectivity index (χ3v) is 5.84. The lowest BCUT2D eigenvalue weighted by atomic mass is 9.88. The number of aryl methyl sites for hydroxylation is 1. The van der Waals surface area contributed by atoms with Gasteiger partial charge in [0.2, 0.25) is 0 Å². The van der Waals surface area contributed by atoms with Crippen LogP contribution in [0.25, 0.3) is 0 Å². The fourth-order valence-electron chi connectivity index (χ4n) is 4.20. The van der Waals surface area contributed by atoms with Crippen molar-refractivity contribution in [3.05, 3.63) is 65.2 Å². The Morgan fingerprint density at radius 1 is 1.11 bits per heavy atom. The van der Waals surface area contributed by atoms with Crippen LogP contribution in [0, 0.1) is 0 Å². The Balaban J connectivity index is 1.38. The number of quaternary nitrogens is 1. The molecule has 0 aromatic heterocycles. The molecule has 4 heteroatoms. The Labute approximate surface area is 161 Å². The maximum Gasteiger partial charge on any atom is 0.275 e. The summed E-state index contributed by atoms with van der Waals surface area (Å²) in [5.74, 6) is 1.05. The van der Waals surface area contributed by atoms with Gasteiger partial charge >= 0.3 is 0 Å². The molecule has 1 unspecified atom stereocenters. The van der Waals surface area contributed by atoms with Crippen molar-refractivity contribution in [1.82, 2.24) is 5.32 Å². The number of benzene rings is 2. The smallest absolute Gasteiger partial charge is 0.275 e. The predicted octanol–water partition coefficient (Wildman–Crippen LogP) is 2.44. The van der Waals surface area contributed by atoms with Crippen molar-refractivity contribution in [2.75, 3.05) is 13.7 Å². The van der Waals surface area contributed by atoms with Crippen molar-refractivity contribution < 1.29 is 14.4 Å². The Morgan fingerprint density at radius 3 is 2.63 bits per heavy atom. The lowest BCUT2D eigenvalue weighted by Crippen LogP contribution is -3.13. The summed E-state index contributed by atoms with van der Waals surface area (Å²) in [5.41, 5.74) is 3.95. The lowest BCUT2D eigenvalue weighted by Gasteiger charge is -2.27. The van der Waals surface area contributed by atoms with Crippen molar-refractivity contribution in [3.63, 3.8) is 0 Å². The van der Waals surface area contributed by atoms with Gasteiger partial charge in [0.15, 0.2) is 6.54 Å². The Hall–Kier alpha value is -2.33. The minimum Gasteiger partial charge on any atom is -0.497 e. The zero-order valence-corrected chi connectivity index (χ0v) is 16.0. The van der Waals surface area contributed by atoms with E-state index in [4.69, 9.17) is 4.74 Å². The van der Waals surface area contributed by atoms with Crippen LogP contribution in [0.5, 0.6) is 5.75 Å². The molecule has 2 N–H and O–H groups in total. The molecule has 142 valence electrons. The van der Waals surface area contributed by atoms with Crippen molar-refractivity contribution in [2.24, 2.45) is 0 Å². The zero-order valence-electron chi connectivity index (χ0n) is 16.0. The fourth-order valence-corrected chi connectivity index (χ4v) is 4.20. The van der Waals surface area contributed by atoms with Gasteiger partial charge in [-0.05, 0) is 54.7 Å². The first-order valence-corrected chi connectivity index (χ1v) is 10.1. The predicted molar refractivity (Wildman–Crippen MR) is 106 cm³/mol. The first-order valence-electron chi connectivity index (χ1n) is 10.1. The average molecular weight is 365 g/mol. The molecule has 1 fully saturated rings. The van der Waals surface area contributed by atoms with Crippen molar-refractivity contribution in [1.29, 1.82) is 0 Å². The van der Waals surface area contributed by atoms with Gasteiger partial charge in [0, 0.05) is 18.4 Å². The molecule has 1 saturated carbocycles. The molecule has 27 heavy (non-hydrogen) atoms. The first-order chi connectivity index (χ1) is 13.2. The second kappa shape index (κ2) is 8.13. The maximum absolute atomic E-state index is 12.8. The van der Waals surface area contributed by atoms with Gasteiger partial charge in [-0.1, -0.05) is 24.3 Å². The van der Waals surface area contributed by atoms with Crippen LogP contribution < -0.4 is 15.0 Å². The number of carbonyl (C=O) groups excluding carboxylic acids is 1. The SMILES string of the molecule is COc1ccc(C[NH+](CC(=O)N[C@H]2CCCc3ccccc32)C2CC2)cc1.